The monoisotopic (exact) mass is 283 g/mol. The third kappa shape index (κ3) is 3.68. The Morgan fingerprint density at radius 2 is 1.89 bits per heavy atom. The summed E-state index contributed by atoms with van der Waals surface area (Å²) < 4.78 is 26.0. The topological polar surface area (TPSA) is 84.2 Å². The molecule has 2 rings (SSSR count). The van der Waals surface area contributed by atoms with Crippen molar-refractivity contribution < 1.29 is 8.42 Å². The van der Waals surface area contributed by atoms with E-state index in [1.807, 2.05) is 0 Å². The van der Waals surface area contributed by atoms with Crippen LogP contribution in [0.15, 0.2) is 29.2 Å². The van der Waals surface area contributed by atoms with E-state index in [2.05, 4.69) is 10.0 Å². The molecule has 0 heterocycles. The van der Waals surface area contributed by atoms with Crippen LogP contribution in [0.5, 0.6) is 0 Å². The van der Waals surface area contributed by atoms with Crippen LogP contribution in [0.1, 0.15) is 19.8 Å². The smallest absolute Gasteiger partial charge is 0.240 e. The Balaban J connectivity index is 1.91. The Labute approximate surface area is 114 Å². The second kappa shape index (κ2) is 5.90. The van der Waals surface area contributed by atoms with Gasteiger partial charge in [0, 0.05) is 24.8 Å². The van der Waals surface area contributed by atoms with Crippen LogP contribution >= 0.6 is 0 Å². The van der Waals surface area contributed by atoms with Crippen LogP contribution < -0.4 is 15.8 Å². The maximum absolute atomic E-state index is 11.8. The zero-order chi connectivity index (χ0) is 13.9. The summed E-state index contributed by atoms with van der Waals surface area (Å²) in [6.45, 7) is 3.05. The lowest BCUT2D eigenvalue weighted by molar-refractivity contribution is 0.280. The fourth-order valence-electron chi connectivity index (χ4n) is 2.24. The van der Waals surface area contributed by atoms with E-state index in [9.17, 15) is 8.42 Å². The van der Waals surface area contributed by atoms with Crippen molar-refractivity contribution in [2.75, 3.05) is 18.4 Å². The van der Waals surface area contributed by atoms with E-state index < -0.39 is 10.0 Å². The van der Waals surface area contributed by atoms with Gasteiger partial charge >= 0.3 is 0 Å². The largest absolute Gasteiger partial charge is 0.385 e. The fraction of sp³-hybridized carbons (Fsp3) is 0.538. The van der Waals surface area contributed by atoms with Crippen LogP contribution in [0.25, 0.3) is 0 Å². The molecule has 0 radical (unpaired) electrons. The number of rotatable bonds is 6. The molecule has 0 bridgehead atoms. The Morgan fingerprint density at radius 3 is 2.42 bits per heavy atom. The summed E-state index contributed by atoms with van der Waals surface area (Å²) in [5, 5.41) is 3.31. The van der Waals surface area contributed by atoms with Gasteiger partial charge in [-0.2, -0.15) is 0 Å². The number of sulfonamides is 1. The molecule has 0 amide bonds. The minimum absolute atomic E-state index is 0.297. The number of hydrogen-bond acceptors (Lipinski definition) is 4. The van der Waals surface area contributed by atoms with Crippen molar-refractivity contribution in [2.45, 2.75) is 30.7 Å². The van der Waals surface area contributed by atoms with Crippen LogP contribution in [0, 0.1) is 5.92 Å². The average Bonchev–Trinajstić information content (AvgIpc) is 2.34. The Bertz CT molecular complexity index is 507. The highest BCUT2D eigenvalue weighted by molar-refractivity contribution is 7.89. The van der Waals surface area contributed by atoms with Crippen LogP contribution in [0.4, 0.5) is 5.69 Å². The van der Waals surface area contributed by atoms with Crippen molar-refractivity contribution in [1.82, 2.24) is 4.72 Å². The van der Waals surface area contributed by atoms with E-state index in [1.165, 1.54) is 0 Å². The molecule has 1 fully saturated rings. The molecule has 0 atom stereocenters. The molecule has 0 aromatic heterocycles. The molecule has 1 aliphatic rings. The number of hydrogen-bond donors (Lipinski definition) is 3. The van der Waals surface area contributed by atoms with E-state index in [0.717, 1.165) is 25.1 Å². The van der Waals surface area contributed by atoms with Crippen LogP contribution in [0.2, 0.25) is 0 Å². The maximum atomic E-state index is 11.8. The van der Waals surface area contributed by atoms with Gasteiger partial charge in [-0.15, -0.1) is 0 Å². The maximum Gasteiger partial charge on any atom is 0.240 e. The Kier molecular flexibility index (Phi) is 4.44. The number of benzene rings is 1. The van der Waals surface area contributed by atoms with Crippen molar-refractivity contribution in [3.05, 3.63) is 24.3 Å². The van der Waals surface area contributed by atoms with Gasteiger partial charge in [-0.1, -0.05) is 6.92 Å². The normalized spacial score (nSPS) is 22.8. The molecule has 1 aliphatic carbocycles. The third-order valence-electron chi connectivity index (χ3n) is 3.37. The molecule has 0 saturated heterocycles. The predicted molar refractivity (Wildman–Crippen MR) is 76.5 cm³/mol. The molecule has 1 aromatic carbocycles. The first-order valence-corrected chi connectivity index (χ1v) is 8.08. The van der Waals surface area contributed by atoms with Gasteiger partial charge in [0.15, 0.2) is 0 Å². The van der Waals surface area contributed by atoms with Gasteiger partial charge in [-0.05, 0) is 43.0 Å². The summed E-state index contributed by atoms with van der Waals surface area (Å²) in [7, 11) is -3.35. The second-order valence-electron chi connectivity index (χ2n) is 5.00. The highest BCUT2D eigenvalue weighted by atomic mass is 32.2. The van der Waals surface area contributed by atoms with Crippen molar-refractivity contribution >= 4 is 15.7 Å². The molecule has 0 aliphatic heterocycles. The zero-order valence-electron chi connectivity index (χ0n) is 11.1. The number of nitrogens with two attached hydrogens (primary N) is 1. The van der Waals surface area contributed by atoms with Crippen molar-refractivity contribution in [1.29, 1.82) is 0 Å². The van der Waals surface area contributed by atoms with Crippen LogP contribution in [-0.2, 0) is 10.0 Å². The lowest BCUT2D eigenvalue weighted by atomic mass is 9.81. The molecule has 19 heavy (non-hydrogen) atoms. The molecule has 4 N–H and O–H groups in total. The summed E-state index contributed by atoms with van der Waals surface area (Å²) in [4.78, 5) is 0.297. The Hall–Kier alpha value is -1.11. The Morgan fingerprint density at radius 1 is 1.26 bits per heavy atom. The lowest BCUT2D eigenvalue weighted by Crippen LogP contribution is -2.39. The average molecular weight is 283 g/mol. The van der Waals surface area contributed by atoms with Gasteiger partial charge in [0.25, 0.3) is 0 Å². The SMILES string of the molecule is CCNS(=O)(=O)c1ccc(NCC2CC(N)C2)cc1. The third-order valence-corrected chi connectivity index (χ3v) is 4.93. The molecule has 5 nitrogen and oxygen atoms in total. The molecule has 6 heteroatoms. The van der Waals surface area contributed by atoms with Gasteiger partial charge in [0.05, 0.1) is 4.90 Å². The first-order valence-electron chi connectivity index (χ1n) is 6.60. The van der Waals surface area contributed by atoms with Gasteiger partial charge in [0.2, 0.25) is 10.0 Å². The standard InChI is InChI=1S/C13H21N3O2S/c1-2-16-19(17,18)13-5-3-12(4-6-13)15-9-10-7-11(14)8-10/h3-6,10-11,15-16H,2,7-9,14H2,1H3. The summed E-state index contributed by atoms with van der Waals surface area (Å²) in [5.74, 6) is 0.639. The van der Waals surface area contributed by atoms with Crippen molar-refractivity contribution in [3.8, 4) is 0 Å². The fourth-order valence-corrected chi connectivity index (χ4v) is 3.28. The quantitative estimate of drug-likeness (QED) is 0.731. The molecule has 106 valence electrons. The van der Waals surface area contributed by atoms with Crippen LogP contribution in [0.3, 0.4) is 0 Å². The molecular weight excluding hydrogens is 262 g/mol. The first-order chi connectivity index (χ1) is 9.01. The van der Waals surface area contributed by atoms with E-state index in [0.29, 0.717) is 23.4 Å². The number of nitrogens with one attached hydrogen (secondary N) is 2. The highest BCUT2D eigenvalue weighted by Gasteiger charge is 2.25. The van der Waals surface area contributed by atoms with Gasteiger partial charge in [-0.3, -0.25) is 0 Å². The van der Waals surface area contributed by atoms with Crippen LogP contribution in [-0.4, -0.2) is 27.5 Å². The minimum Gasteiger partial charge on any atom is -0.385 e. The van der Waals surface area contributed by atoms with Gasteiger partial charge < -0.3 is 11.1 Å². The molecule has 1 aromatic rings. The molecule has 1 saturated carbocycles. The van der Waals surface area contributed by atoms with Gasteiger partial charge in [0.1, 0.15) is 0 Å². The van der Waals surface area contributed by atoms with E-state index in [4.69, 9.17) is 5.73 Å². The van der Waals surface area contributed by atoms with Crippen molar-refractivity contribution in [3.63, 3.8) is 0 Å². The first kappa shape index (κ1) is 14.3. The van der Waals surface area contributed by atoms with E-state index in [1.54, 1.807) is 31.2 Å². The summed E-state index contributed by atoms with van der Waals surface area (Å²) >= 11 is 0. The highest BCUT2D eigenvalue weighted by Crippen LogP contribution is 2.25. The number of anilines is 1. The van der Waals surface area contributed by atoms with Gasteiger partial charge in [-0.25, -0.2) is 13.1 Å². The molecule has 0 unspecified atom stereocenters. The lowest BCUT2D eigenvalue weighted by Gasteiger charge is -2.32. The zero-order valence-corrected chi connectivity index (χ0v) is 11.9. The van der Waals surface area contributed by atoms with Crippen molar-refractivity contribution in [2.24, 2.45) is 11.7 Å². The summed E-state index contributed by atoms with van der Waals surface area (Å²) in [5.41, 5.74) is 6.67. The summed E-state index contributed by atoms with van der Waals surface area (Å²) in [6, 6.07) is 7.19. The molecule has 0 spiro atoms. The van der Waals surface area contributed by atoms with E-state index in [-0.39, 0.29) is 0 Å². The van der Waals surface area contributed by atoms with E-state index >= 15 is 0 Å². The molecular formula is C13H21N3O2S. The second-order valence-corrected chi connectivity index (χ2v) is 6.77. The predicted octanol–water partition coefficient (Wildman–Crippen LogP) is 1.13. The summed E-state index contributed by atoms with van der Waals surface area (Å²) in [6.07, 6.45) is 2.14. The minimum atomic E-state index is -3.35.